The summed E-state index contributed by atoms with van der Waals surface area (Å²) in [4.78, 5) is 24.6. The minimum atomic E-state index is -0.661. The fourth-order valence-electron chi connectivity index (χ4n) is 10.7. The van der Waals surface area contributed by atoms with Gasteiger partial charge in [0.15, 0.2) is 0 Å². The number of aliphatic hydroxyl groups excluding tert-OH is 2. The summed E-state index contributed by atoms with van der Waals surface area (Å²) in [5.74, 6) is -0.0148. The van der Waals surface area contributed by atoms with Crippen LogP contribution in [-0.2, 0) is 14.3 Å². The number of unbranched alkanes of at least 4 members (excludes halogenated alkanes) is 50. The van der Waals surface area contributed by atoms with Gasteiger partial charge in [-0.3, -0.25) is 9.59 Å². The smallest absolute Gasteiger partial charge is 0.305 e. The van der Waals surface area contributed by atoms with Crippen LogP contribution in [0, 0.1) is 0 Å². The molecule has 0 fully saturated rings. The summed E-state index contributed by atoms with van der Waals surface area (Å²) in [6.07, 6.45) is 76.8. The SMILES string of the molecule is CCCCCCCC/C=C\CCCCCCCCCCCC(=O)OCCCCCCCCCCCCCCCCCCCCCCCCCCCC(=O)NC(CO)C(O)CCCCCCCCCCCCCC. The molecule has 0 aromatic carbocycles. The lowest BCUT2D eigenvalue weighted by molar-refractivity contribution is -0.143. The number of nitrogens with one attached hydrogen (secondary N) is 1. The van der Waals surface area contributed by atoms with Gasteiger partial charge in [-0.15, -0.1) is 0 Å². The Kier molecular flexibility index (Phi) is 61.9. The standard InChI is InChI=1S/C67H131NO5/c1-3-5-7-9-11-13-15-17-18-19-27-31-34-37-41-45-49-53-57-61-67(72)73-62-58-54-50-46-42-38-35-32-29-26-24-22-20-21-23-25-28-30-33-36-40-44-48-52-56-60-66(71)68-64(63-69)65(70)59-55-51-47-43-39-16-14-12-10-8-6-4-2/h17-18,64-65,69-70H,3-16,19-63H2,1-2H3,(H,68,71)/b18-17-. The van der Waals surface area contributed by atoms with Gasteiger partial charge >= 0.3 is 5.97 Å². The van der Waals surface area contributed by atoms with E-state index in [0.29, 0.717) is 25.9 Å². The summed E-state index contributed by atoms with van der Waals surface area (Å²) in [6, 6.07) is -0.538. The second-order valence-electron chi connectivity index (χ2n) is 23.2. The highest BCUT2D eigenvalue weighted by atomic mass is 16.5. The minimum Gasteiger partial charge on any atom is -0.466 e. The van der Waals surface area contributed by atoms with Gasteiger partial charge in [0.05, 0.1) is 25.4 Å². The lowest BCUT2D eigenvalue weighted by Crippen LogP contribution is -2.45. The summed E-state index contributed by atoms with van der Waals surface area (Å²) in [7, 11) is 0. The number of amides is 1. The number of hydrogen-bond donors (Lipinski definition) is 3. The van der Waals surface area contributed by atoms with Crippen LogP contribution in [0.2, 0.25) is 0 Å². The van der Waals surface area contributed by atoms with Gasteiger partial charge in [-0.25, -0.2) is 0 Å². The van der Waals surface area contributed by atoms with Gasteiger partial charge < -0.3 is 20.3 Å². The summed E-state index contributed by atoms with van der Waals surface area (Å²) in [6.45, 7) is 4.97. The van der Waals surface area contributed by atoms with Crippen LogP contribution in [0.3, 0.4) is 0 Å². The van der Waals surface area contributed by atoms with Crippen LogP contribution in [0.15, 0.2) is 12.2 Å². The Labute approximate surface area is 457 Å². The second kappa shape index (κ2) is 63.1. The predicted molar refractivity (Wildman–Crippen MR) is 320 cm³/mol. The zero-order chi connectivity index (χ0) is 52.9. The summed E-state index contributed by atoms with van der Waals surface area (Å²) in [5, 5.41) is 23.2. The van der Waals surface area contributed by atoms with Crippen LogP contribution >= 0.6 is 0 Å². The number of hydrogen-bond acceptors (Lipinski definition) is 5. The molecule has 6 heteroatoms. The van der Waals surface area contributed by atoms with E-state index in [9.17, 15) is 19.8 Å². The highest BCUT2D eigenvalue weighted by molar-refractivity contribution is 5.76. The average Bonchev–Trinajstić information content (AvgIpc) is 3.39. The van der Waals surface area contributed by atoms with Crippen molar-refractivity contribution >= 4 is 11.9 Å². The molecule has 3 N–H and O–H groups in total. The Morgan fingerprint density at radius 2 is 0.644 bits per heavy atom. The van der Waals surface area contributed by atoms with Crippen molar-refractivity contribution in [3.8, 4) is 0 Å². The quantitative estimate of drug-likeness (QED) is 0.0320. The first kappa shape index (κ1) is 71.6. The Bertz CT molecular complexity index is 1100. The van der Waals surface area contributed by atoms with Crippen molar-refractivity contribution in [1.29, 1.82) is 0 Å². The summed E-state index contributed by atoms with van der Waals surface area (Å²) in [5.41, 5.74) is 0. The number of aliphatic hydroxyl groups is 2. The zero-order valence-corrected chi connectivity index (χ0v) is 49.6. The van der Waals surface area contributed by atoms with Crippen molar-refractivity contribution in [2.75, 3.05) is 13.2 Å². The van der Waals surface area contributed by atoms with Gasteiger partial charge in [0, 0.05) is 12.8 Å². The lowest BCUT2D eigenvalue weighted by Gasteiger charge is -2.22. The monoisotopic (exact) mass is 1030 g/mol. The van der Waals surface area contributed by atoms with Gasteiger partial charge in [0.1, 0.15) is 0 Å². The van der Waals surface area contributed by atoms with Gasteiger partial charge in [-0.2, -0.15) is 0 Å². The number of rotatable bonds is 63. The molecule has 1 amide bonds. The predicted octanol–water partition coefficient (Wildman–Crippen LogP) is 21.2. The van der Waals surface area contributed by atoms with Crippen molar-refractivity contribution in [3.05, 3.63) is 12.2 Å². The molecule has 73 heavy (non-hydrogen) atoms. The Morgan fingerprint density at radius 3 is 0.973 bits per heavy atom. The van der Waals surface area contributed by atoms with Crippen molar-refractivity contribution in [1.82, 2.24) is 5.32 Å². The zero-order valence-electron chi connectivity index (χ0n) is 49.6. The van der Waals surface area contributed by atoms with E-state index in [0.717, 1.165) is 38.5 Å². The lowest BCUT2D eigenvalue weighted by atomic mass is 10.0. The van der Waals surface area contributed by atoms with Crippen molar-refractivity contribution in [3.63, 3.8) is 0 Å². The van der Waals surface area contributed by atoms with E-state index >= 15 is 0 Å². The number of ether oxygens (including phenoxy) is 1. The Morgan fingerprint density at radius 1 is 0.370 bits per heavy atom. The third kappa shape index (κ3) is 59.7. The fourth-order valence-corrected chi connectivity index (χ4v) is 10.7. The van der Waals surface area contributed by atoms with Crippen LogP contribution in [0.4, 0.5) is 0 Å². The molecule has 0 radical (unpaired) electrons. The number of allylic oxidation sites excluding steroid dienone is 2. The first-order valence-corrected chi connectivity index (χ1v) is 33.4. The molecule has 434 valence electrons. The van der Waals surface area contributed by atoms with E-state index in [-0.39, 0.29) is 18.5 Å². The van der Waals surface area contributed by atoms with Crippen LogP contribution in [0.25, 0.3) is 0 Å². The molecule has 6 nitrogen and oxygen atoms in total. The molecule has 0 aromatic rings. The van der Waals surface area contributed by atoms with Crippen LogP contribution in [0.1, 0.15) is 380 Å². The molecule has 0 aliphatic carbocycles. The molecule has 0 aliphatic heterocycles. The molecule has 0 spiro atoms. The van der Waals surface area contributed by atoms with Gasteiger partial charge in [-0.05, 0) is 51.4 Å². The highest BCUT2D eigenvalue weighted by Gasteiger charge is 2.20. The molecule has 2 atom stereocenters. The van der Waals surface area contributed by atoms with Crippen LogP contribution in [-0.4, -0.2) is 47.4 Å². The maximum Gasteiger partial charge on any atom is 0.305 e. The molecule has 0 aromatic heterocycles. The van der Waals surface area contributed by atoms with Gasteiger partial charge in [0.2, 0.25) is 5.91 Å². The second-order valence-corrected chi connectivity index (χ2v) is 23.2. The van der Waals surface area contributed by atoms with Crippen molar-refractivity contribution in [2.24, 2.45) is 0 Å². The van der Waals surface area contributed by atoms with E-state index < -0.39 is 12.1 Å². The first-order valence-electron chi connectivity index (χ1n) is 33.4. The molecule has 0 bridgehead atoms. The molecule has 0 heterocycles. The third-order valence-electron chi connectivity index (χ3n) is 15.8. The number of esters is 1. The maximum absolute atomic E-state index is 12.5. The van der Waals surface area contributed by atoms with Gasteiger partial charge in [0.25, 0.3) is 0 Å². The van der Waals surface area contributed by atoms with E-state index in [2.05, 4.69) is 31.3 Å². The molecule has 0 rings (SSSR count). The maximum atomic E-state index is 12.5. The highest BCUT2D eigenvalue weighted by Crippen LogP contribution is 2.19. The molecule has 0 saturated carbocycles. The Hall–Kier alpha value is -1.40. The van der Waals surface area contributed by atoms with Crippen LogP contribution < -0.4 is 5.32 Å². The van der Waals surface area contributed by atoms with Crippen molar-refractivity contribution in [2.45, 2.75) is 392 Å². The van der Waals surface area contributed by atoms with E-state index in [4.69, 9.17) is 4.74 Å². The Balaban J connectivity index is 3.32. The number of carbonyl (C=O) groups excluding carboxylic acids is 2. The molecule has 0 saturated heterocycles. The third-order valence-corrected chi connectivity index (χ3v) is 15.8. The summed E-state index contributed by atoms with van der Waals surface area (Å²) >= 11 is 0. The topological polar surface area (TPSA) is 95.9 Å². The molecule has 0 aliphatic rings. The largest absolute Gasteiger partial charge is 0.466 e. The molecular formula is C67H131NO5. The van der Waals surface area contributed by atoms with Crippen molar-refractivity contribution < 1.29 is 24.5 Å². The molecule has 2 unspecified atom stereocenters. The fraction of sp³-hybridized carbons (Fsp3) is 0.940. The average molecular weight is 1030 g/mol. The van der Waals surface area contributed by atoms with Gasteiger partial charge in [-0.1, -0.05) is 328 Å². The first-order chi connectivity index (χ1) is 36.0. The van der Waals surface area contributed by atoms with E-state index in [1.807, 2.05) is 0 Å². The van der Waals surface area contributed by atoms with E-state index in [1.165, 1.54) is 308 Å². The normalized spacial score (nSPS) is 12.5. The minimum absolute atomic E-state index is 0.0168. The molecular weight excluding hydrogens is 899 g/mol. The van der Waals surface area contributed by atoms with Crippen LogP contribution in [0.5, 0.6) is 0 Å². The number of carbonyl (C=O) groups is 2. The van der Waals surface area contributed by atoms with E-state index in [1.54, 1.807) is 0 Å². The summed E-state index contributed by atoms with van der Waals surface area (Å²) < 4.78 is 5.51.